The van der Waals surface area contributed by atoms with E-state index >= 15 is 0 Å². The molecule has 0 unspecified atom stereocenters. The largest absolute Gasteiger partial charge is 0.383 e. The zero-order chi connectivity index (χ0) is 13.4. The molecule has 0 aliphatic heterocycles. The van der Waals surface area contributed by atoms with Crippen molar-refractivity contribution < 1.29 is 9.53 Å². The van der Waals surface area contributed by atoms with Crippen LogP contribution in [0.5, 0.6) is 0 Å². The first-order chi connectivity index (χ1) is 8.69. The SMILES string of the molecule is COCCN(C(=O)CCl)C(C)=Cc1ccccc1. The van der Waals surface area contributed by atoms with Gasteiger partial charge in [-0.3, -0.25) is 4.79 Å². The number of methoxy groups -OCH3 is 1. The Morgan fingerprint density at radius 2 is 2.06 bits per heavy atom. The van der Waals surface area contributed by atoms with Gasteiger partial charge in [0.2, 0.25) is 5.91 Å². The number of carbonyl (C=O) groups excluding carboxylic acids is 1. The van der Waals surface area contributed by atoms with Gasteiger partial charge < -0.3 is 9.64 Å². The summed E-state index contributed by atoms with van der Waals surface area (Å²) in [5.41, 5.74) is 1.92. The molecule has 0 bridgehead atoms. The highest BCUT2D eigenvalue weighted by atomic mass is 35.5. The molecule has 98 valence electrons. The predicted octanol–water partition coefficient (Wildman–Crippen LogP) is 2.76. The van der Waals surface area contributed by atoms with E-state index in [-0.39, 0.29) is 11.8 Å². The second-order valence-electron chi connectivity index (χ2n) is 3.87. The molecule has 1 aromatic carbocycles. The number of rotatable bonds is 6. The number of nitrogens with zero attached hydrogens (tertiary/aromatic N) is 1. The fraction of sp³-hybridized carbons (Fsp3) is 0.357. The molecular formula is C14H18ClNO2. The van der Waals surface area contributed by atoms with Gasteiger partial charge in [0.15, 0.2) is 0 Å². The van der Waals surface area contributed by atoms with E-state index in [0.717, 1.165) is 11.3 Å². The van der Waals surface area contributed by atoms with E-state index in [1.165, 1.54) is 0 Å². The van der Waals surface area contributed by atoms with Crippen molar-refractivity contribution in [2.45, 2.75) is 6.92 Å². The Balaban J connectivity index is 2.84. The average Bonchev–Trinajstić information content (AvgIpc) is 2.40. The monoisotopic (exact) mass is 267 g/mol. The third kappa shape index (κ3) is 4.51. The highest BCUT2D eigenvalue weighted by molar-refractivity contribution is 6.27. The molecular weight excluding hydrogens is 250 g/mol. The lowest BCUT2D eigenvalue weighted by Gasteiger charge is -2.22. The summed E-state index contributed by atoms with van der Waals surface area (Å²) in [4.78, 5) is 13.4. The quantitative estimate of drug-likeness (QED) is 0.742. The van der Waals surface area contributed by atoms with Crippen LogP contribution in [0.25, 0.3) is 6.08 Å². The van der Waals surface area contributed by atoms with Crippen LogP contribution in [-0.2, 0) is 9.53 Å². The zero-order valence-electron chi connectivity index (χ0n) is 10.7. The molecule has 0 aromatic heterocycles. The number of halogens is 1. The van der Waals surface area contributed by atoms with Crippen molar-refractivity contribution in [1.29, 1.82) is 0 Å². The second-order valence-corrected chi connectivity index (χ2v) is 4.14. The fourth-order valence-corrected chi connectivity index (χ4v) is 1.77. The summed E-state index contributed by atoms with van der Waals surface area (Å²) < 4.78 is 5.00. The van der Waals surface area contributed by atoms with Gasteiger partial charge in [0.05, 0.1) is 6.61 Å². The van der Waals surface area contributed by atoms with E-state index in [0.29, 0.717) is 13.2 Å². The van der Waals surface area contributed by atoms with Crippen LogP contribution in [0.2, 0.25) is 0 Å². The molecule has 0 saturated heterocycles. The first kappa shape index (κ1) is 14.7. The number of ether oxygens (including phenoxy) is 1. The maximum Gasteiger partial charge on any atom is 0.241 e. The lowest BCUT2D eigenvalue weighted by atomic mass is 10.2. The molecule has 0 heterocycles. The van der Waals surface area contributed by atoms with E-state index in [1.807, 2.05) is 43.3 Å². The first-order valence-corrected chi connectivity index (χ1v) is 6.31. The van der Waals surface area contributed by atoms with Gasteiger partial charge in [-0.25, -0.2) is 0 Å². The van der Waals surface area contributed by atoms with Crippen LogP contribution >= 0.6 is 11.6 Å². The third-order valence-electron chi connectivity index (χ3n) is 2.54. The smallest absolute Gasteiger partial charge is 0.241 e. The molecule has 0 saturated carbocycles. The van der Waals surface area contributed by atoms with E-state index in [9.17, 15) is 4.79 Å². The zero-order valence-corrected chi connectivity index (χ0v) is 11.5. The summed E-state index contributed by atoms with van der Waals surface area (Å²) in [6.45, 7) is 2.90. The molecule has 0 atom stereocenters. The van der Waals surface area contributed by atoms with E-state index < -0.39 is 0 Å². The van der Waals surface area contributed by atoms with Crippen LogP contribution < -0.4 is 0 Å². The summed E-state index contributed by atoms with van der Waals surface area (Å²) in [5, 5.41) is 0. The number of alkyl halides is 1. The van der Waals surface area contributed by atoms with Gasteiger partial charge in [-0.2, -0.15) is 0 Å². The van der Waals surface area contributed by atoms with Gasteiger partial charge in [0, 0.05) is 19.4 Å². The normalized spacial score (nSPS) is 11.4. The molecule has 0 aliphatic carbocycles. The molecule has 0 spiro atoms. The maximum atomic E-state index is 11.7. The van der Waals surface area contributed by atoms with Crippen molar-refractivity contribution in [3.8, 4) is 0 Å². The van der Waals surface area contributed by atoms with Crippen LogP contribution in [0.1, 0.15) is 12.5 Å². The Morgan fingerprint density at radius 3 is 2.61 bits per heavy atom. The topological polar surface area (TPSA) is 29.5 Å². The highest BCUT2D eigenvalue weighted by Gasteiger charge is 2.13. The second kappa shape index (κ2) is 7.90. The van der Waals surface area contributed by atoms with Crippen molar-refractivity contribution >= 4 is 23.6 Å². The standard InChI is InChI=1S/C14H18ClNO2/c1-12(10-13-6-4-3-5-7-13)16(8-9-18-2)14(17)11-15/h3-7,10H,8-9,11H2,1-2H3. The van der Waals surface area contributed by atoms with Gasteiger partial charge in [-0.05, 0) is 18.6 Å². The molecule has 1 aromatic rings. The maximum absolute atomic E-state index is 11.7. The molecule has 0 N–H and O–H groups in total. The molecule has 0 fully saturated rings. The van der Waals surface area contributed by atoms with Crippen molar-refractivity contribution in [3.63, 3.8) is 0 Å². The molecule has 0 aliphatic rings. The van der Waals surface area contributed by atoms with Crippen molar-refractivity contribution in [2.75, 3.05) is 26.1 Å². The van der Waals surface area contributed by atoms with E-state index in [4.69, 9.17) is 16.3 Å². The molecule has 1 amide bonds. The minimum Gasteiger partial charge on any atom is -0.383 e. The Morgan fingerprint density at radius 1 is 1.39 bits per heavy atom. The van der Waals surface area contributed by atoms with Crippen LogP contribution in [0.15, 0.2) is 36.0 Å². The Kier molecular flexibility index (Phi) is 6.47. The molecule has 18 heavy (non-hydrogen) atoms. The van der Waals surface area contributed by atoms with Crippen molar-refractivity contribution in [1.82, 2.24) is 4.90 Å². The van der Waals surface area contributed by atoms with Crippen LogP contribution in [0, 0.1) is 0 Å². The summed E-state index contributed by atoms with van der Waals surface area (Å²) in [7, 11) is 1.61. The van der Waals surface area contributed by atoms with Crippen LogP contribution in [0.3, 0.4) is 0 Å². The Bertz CT molecular complexity index is 404. The minimum atomic E-state index is -0.113. The van der Waals surface area contributed by atoms with Crippen LogP contribution in [0.4, 0.5) is 0 Å². The third-order valence-corrected chi connectivity index (χ3v) is 2.76. The first-order valence-electron chi connectivity index (χ1n) is 5.77. The van der Waals surface area contributed by atoms with Gasteiger partial charge in [-0.1, -0.05) is 30.3 Å². The molecule has 1 rings (SSSR count). The Hall–Kier alpha value is -1.32. The number of benzene rings is 1. The average molecular weight is 268 g/mol. The number of hydrogen-bond acceptors (Lipinski definition) is 2. The predicted molar refractivity (Wildman–Crippen MR) is 74.4 cm³/mol. The van der Waals surface area contributed by atoms with Gasteiger partial charge in [0.25, 0.3) is 0 Å². The van der Waals surface area contributed by atoms with E-state index in [2.05, 4.69) is 0 Å². The lowest BCUT2D eigenvalue weighted by Crippen LogP contribution is -2.33. The molecule has 4 heteroatoms. The molecule has 3 nitrogen and oxygen atoms in total. The van der Waals surface area contributed by atoms with Crippen molar-refractivity contribution in [3.05, 3.63) is 41.6 Å². The Labute approximate surface area is 113 Å². The van der Waals surface area contributed by atoms with E-state index in [1.54, 1.807) is 12.0 Å². The van der Waals surface area contributed by atoms with Gasteiger partial charge >= 0.3 is 0 Å². The number of amides is 1. The van der Waals surface area contributed by atoms with Crippen molar-refractivity contribution in [2.24, 2.45) is 0 Å². The summed E-state index contributed by atoms with van der Waals surface area (Å²) in [6, 6.07) is 9.86. The summed E-state index contributed by atoms with van der Waals surface area (Å²) in [5.74, 6) is -0.137. The fourth-order valence-electron chi connectivity index (χ4n) is 1.62. The minimum absolute atomic E-state index is 0.0241. The lowest BCUT2D eigenvalue weighted by molar-refractivity contribution is -0.127. The summed E-state index contributed by atoms with van der Waals surface area (Å²) >= 11 is 5.61. The summed E-state index contributed by atoms with van der Waals surface area (Å²) in [6.07, 6.45) is 1.96. The van der Waals surface area contributed by atoms with Gasteiger partial charge in [-0.15, -0.1) is 11.6 Å². The van der Waals surface area contributed by atoms with Crippen LogP contribution in [-0.4, -0.2) is 36.9 Å². The number of carbonyl (C=O) groups is 1. The highest BCUT2D eigenvalue weighted by Crippen LogP contribution is 2.11. The van der Waals surface area contributed by atoms with Gasteiger partial charge in [0.1, 0.15) is 5.88 Å². The number of allylic oxidation sites excluding steroid dienone is 1. The number of hydrogen-bond donors (Lipinski definition) is 0. The molecule has 0 radical (unpaired) electrons.